The summed E-state index contributed by atoms with van der Waals surface area (Å²) < 4.78 is 0.315. The highest BCUT2D eigenvalue weighted by Gasteiger charge is 2.28. The minimum absolute atomic E-state index is 0.315. The summed E-state index contributed by atoms with van der Waals surface area (Å²) in [6, 6.07) is 2.18. The van der Waals surface area contributed by atoms with Crippen LogP contribution in [0.2, 0.25) is 0 Å². The lowest BCUT2D eigenvalue weighted by Crippen LogP contribution is -2.43. The summed E-state index contributed by atoms with van der Waals surface area (Å²) in [6.07, 6.45) is 0. The van der Waals surface area contributed by atoms with Gasteiger partial charge in [0.05, 0.1) is 0 Å². The number of pyridine rings is 1. The molecule has 0 aromatic carbocycles. The number of hydrogen-bond donors (Lipinski definition) is 1. The minimum Gasteiger partial charge on any atom is -0.369 e. The Morgan fingerprint density at radius 1 is 1.44 bits per heavy atom. The number of anilines is 1. The molecule has 2 rings (SSSR count). The molecule has 0 amide bonds. The van der Waals surface area contributed by atoms with E-state index in [4.69, 9.17) is 5.73 Å². The molecule has 2 N–H and O–H groups in total. The van der Waals surface area contributed by atoms with Crippen molar-refractivity contribution in [1.29, 1.82) is 0 Å². The monoisotopic (exact) mass is 265 g/mol. The SMILES string of the molecule is Cc1cc(N2CCSC(C)(C)C2)c(CN)c(C)n1. The van der Waals surface area contributed by atoms with Gasteiger partial charge in [-0.15, -0.1) is 0 Å². The zero-order chi connectivity index (χ0) is 13.3. The smallest absolute Gasteiger partial charge is 0.0448 e. The van der Waals surface area contributed by atoms with E-state index in [2.05, 4.69) is 55.4 Å². The van der Waals surface area contributed by atoms with Crippen molar-refractivity contribution in [1.82, 2.24) is 4.98 Å². The Bertz CT molecular complexity index is 443. The normalized spacial score (nSPS) is 19.1. The quantitative estimate of drug-likeness (QED) is 0.892. The fourth-order valence-corrected chi connectivity index (χ4v) is 3.70. The summed E-state index contributed by atoms with van der Waals surface area (Å²) in [4.78, 5) is 7.00. The third kappa shape index (κ3) is 2.81. The molecular weight excluding hydrogens is 242 g/mol. The predicted octanol–water partition coefficient (Wildman–Crippen LogP) is 2.49. The second-order valence-electron chi connectivity index (χ2n) is 5.58. The Kier molecular flexibility index (Phi) is 3.87. The van der Waals surface area contributed by atoms with Gasteiger partial charge in [-0.3, -0.25) is 4.98 Å². The Morgan fingerprint density at radius 3 is 2.78 bits per heavy atom. The molecule has 0 atom stereocenters. The van der Waals surface area contributed by atoms with Crippen LogP contribution < -0.4 is 10.6 Å². The summed E-state index contributed by atoms with van der Waals surface area (Å²) in [7, 11) is 0. The third-order valence-electron chi connectivity index (χ3n) is 3.41. The zero-order valence-electron chi connectivity index (χ0n) is 11.8. The minimum atomic E-state index is 0.315. The van der Waals surface area contributed by atoms with Gasteiger partial charge in [0, 0.05) is 52.8 Å². The summed E-state index contributed by atoms with van der Waals surface area (Å²) in [5.74, 6) is 1.18. The topological polar surface area (TPSA) is 42.1 Å². The van der Waals surface area contributed by atoms with Gasteiger partial charge >= 0.3 is 0 Å². The molecule has 1 fully saturated rings. The molecule has 4 heteroatoms. The highest BCUT2D eigenvalue weighted by Crippen LogP contribution is 2.34. The predicted molar refractivity (Wildman–Crippen MR) is 80.4 cm³/mol. The lowest BCUT2D eigenvalue weighted by atomic mass is 10.1. The molecule has 1 aliphatic heterocycles. The molecule has 3 nitrogen and oxygen atoms in total. The average molecular weight is 265 g/mol. The molecule has 100 valence electrons. The van der Waals surface area contributed by atoms with Crippen LogP contribution in [0, 0.1) is 13.8 Å². The maximum Gasteiger partial charge on any atom is 0.0448 e. The van der Waals surface area contributed by atoms with Crippen LogP contribution in [0.1, 0.15) is 30.8 Å². The highest BCUT2D eigenvalue weighted by atomic mass is 32.2. The second kappa shape index (κ2) is 5.10. The van der Waals surface area contributed by atoms with Crippen molar-refractivity contribution in [2.24, 2.45) is 5.73 Å². The first-order chi connectivity index (χ1) is 8.43. The number of rotatable bonds is 2. The zero-order valence-corrected chi connectivity index (χ0v) is 12.6. The molecule has 1 aromatic rings. The van der Waals surface area contributed by atoms with Gasteiger partial charge in [-0.1, -0.05) is 0 Å². The van der Waals surface area contributed by atoms with Gasteiger partial charge in [0.1, 0.15) is 0 Å². The maximum atomic E-state index is 5.90. The number of aryl methyl sites for hydroxylation is 2. The van der Waals surface area contributed by atoms with Crippen molar-refractivity contribution < 1.29 is 0 Å². The summed E-state index contributed by atoms with van der Waals surface area (Å²) in [5.41, 5.74) is 10.5. The summed E-state index contributed by atoms with van der Waals surface area (Å²) >= 11 is 2.05. The van der Waals surface area contributed by atoms with Gasteiger partial charge < -0.3 is 10.6 Å². The number of hydrogen-bond acceptors (Lipinski definition) is 4. The van der Waals surface area contributed by atoms with E-state index in [1.807, 2.05) is 0 Å². The van der Waals surface area contributed by atoms with Crippen molar-refractivity contribution in [2.75, 3.05) is 23.7 Å². The first kappa shape index (κ1) is 13.7. The molecule has 0 radical (unpaired) electrons. The van der Waals surface area contributed by atoms with Gasteiger partial charge in [-0.2, -0.15) is 11.8 Å². The van der Waals surface area contributed by atoms with E-state index < -0.39 is 0 Å². The van der Waals surface area contributed by atoms with E-state index in [-0.39, 0.29) is 0 Å². The number of nitrogens with two attached hydrogens (primary N) is 1. The molecule has 1 saturated heterocycles. The molecule has 0 bridgehead atoms. The lowest BCUT2D eigenvalue weighted by molar-refractivity contribution is 0.644. The molecule has 2 heterocycles. The average Bonchev–Trinajstić information content (AvgIpc) is 2.26. The Hall–Kier alpha value is -0.740. The standard InChI is InChI=1S/C14H23N3S/c1-10-7-13(12(8-15)11(2)16-10)17-5-6-18-14(3,4)9-17/h7H,5-6,8-9,15H2,1-4H3. The number of aromatic nitrogens is 1. The first-order valence-electron chi connectivity index (χ1n) is 6.49. The van der Waals surface area contributed by atoms with Crippen LogP contribution in [-0.4, -0.2) is 28.6 Å². The summed E-state index contributed by atoms with van der Waals surface area (Å²) in [5, 5.41) is 0. The molecular formula is C14H23N3S. The van der Waals surface area contributed by atoms with Crippen LogP contribution in [-0.2, 0) is 6.54 Å². The molecule has 0 spiro atoms. The van der Waals surface area contributed by atoms with E-state index in [1.165, 1.54) is 17.0 Å². The van der Waals surface area contributed by atoms with Crippen LogP contribution >= 0.6 is 11.8 Å². The lowest BCUT2D eigenvalue weighted by Gasteiger charge is -2.40. The van der Waals surface area contributed by atoms with Crippen LogP contribution in [0.4, 0.5) is 5.69 Å². The van der Waals surface area contributed by atoms with E-state index in [0.29, 0.717) is 11.3 Å². The van der Waals surface area contributed by atoms with Crippen LogP contribution in [0.25, 0.3) is 0 Å². The van der Waals surface area contributed by atoms with Gasteiger partial charge in [-0.05, 0) is 33.8 Å². The molecule has 18 heavy (non-hydrogen) atoms. The van der Waals surface area contributed by atoms with Gasteiger partial charge in [0.15, 0.2) is 0 Å². The highest BCUT2D eigenvalue weighted by molar-refractivity contribution is 8.00. The van der Waals surface area contributed by atoms with E-state index in [9.17, 15) is 0 Å². The van der Waals surface area contributed by atoms with Crippen molar-refractivity contribution in [2.45, 2.75) is 39.0 Å². The van der Waals surface area contributed by atoms with E-state index >= 15 is 0 Å². The van der Waals surface area contributed by atoms with Crippen molar-refractivity contribution in [3.8, 4) is 0 Å². The fraction of sp³-hybridized carbons (Fsp3) is 0.643. The van der Waals surface area contributed by atoms with Crippen LogP contribution in [0.15, 0.2) is 6.07 Å². The third-order valence-corrected chi connectivity index (χ3v) is 4.70. The summed E-state index contributed by atoms with van der Waals surface area (Å²) in [6.45, 7) is 11.5. The van der Waals surface area contributed by atoms with Gasteiger partial charge in [-0.25, -0.2) is 0 Å². The molecule has 0 aliphatic carbocycles. The molecule has 0 unspecified atom stereocenters. The number of thioether (sulfide) groups is 1. The first-order valence-corrected chi connectivity index (χ1v) is 7.47. The fourth-order valence-electron chi connectivity index (χ4n) is 2.59. The molecule has 1 aliphatic rings. The van der Waals surface area contributed by atoms with Crippen LogP contribution in [0.5, 0.6) is 0 Å². The Morgan fingerprint density at radius 2 is 2.17 bits per heavy atom. The maximum absolute atomic E-state index is 5.90. The van der Waals surface area contributed by atoms with Crippen molar-refractivity contribution in [3.05, 3.63) is 23.0 Å². The van der Waals surface area contributed by atoms with Crippen molar-refractivity contribution in [3.63, 3.8) is 0 Å². The molecule has 1 aromatic heterocycles. The van der Waals surface area contributed by atoms with Crippen LogP contribution in [0.3, 0.4) is 0 Å². The molecule has 0 saturated carbocycles. The second-order valence-corrected chi connectivity index (χ2v) is 7.38. The number of nitrogens with zero attached hydrogens (tertiary/aromatic N) is 2. The van der Waals surface area contributed by atoms with E-state index in [0.717, 1.165) is 24.5 Å². The van der Waals surface area contributed by atoms with E-state index in [1.54, 1.807) is 0 Å². The largest absolute Gasteiger partial charge is 0.369 e. The Balaban J connectivity index is 2.37. The van der Waals surface area contributed by atoms with Gasteiger partial charge in [0.2, 0.25) is 0 Å². The Labute approximate surface area is 114 Å². The van der Waals surface area contributed by atoms with Crippen molar-refractivity contribution >= 4 is 17.4 Å². The van der Waals surface area contributed by atoms with Gasteiger partial charge in [0.25, 0.3) is 0 Å².